The molecule has 0 saturated heterocycles. The molecule has 1 unspecified atom stereocenters. The van der Waals surface area contributed by atoms with Gasteiger partial charge in [-0.15, -0.1) is 11.3 Å². The molecule has 0 aromatic carbocycles. The second kappa shape index (κ2) is 7.07. The number of thiazole rings is 1. The summed E-state index contributed by atoms with van der Waals surface area (Å²) >= 11 is 1.54. The maximum atomic E-state index is 11.5. The van der Waals surface area contributed by atoms with Crippen LogP contribution in [0.2, 0.25) is 0 Å². The fourth-order valence-electron chi connectivity index (χ4n) is 1.26. The van der Waals surface area contributed by atoms with Crippen molar-refractivity contribution in [2.75, 3.05) is 13.2 Å². The van der Waals surface area contributed by atoms with Gasteiger partial charge in [0.25, 0.3) is 0 Å². The quantitative estimate of drug-likeness (QED) is 0.561. The van der Waals surface area contributed by atoms with Crippen molar-refractivity contribution in [3.63, 3.8) is 0 Å². The highest BCUT2D eigenvalue weighted by molar-refractivity contribution is 7.09. The van der Waals surface area contributed by atoms with Gasteiger partial charge >= 0.3 is 5.97 Å². The van der Waals surface area contributed by atoms with Crippen molar-refractivity contribution in [1.82, 2.24) is 10.3 Å². The van der Waals surface area contributed by atoms with E-state index in [4.69, 9.17) is 5.73 Å². The van der Waals surface area contributed by atoms with Crippen LogP contribution >= 0.6 is 11.3 Å². The van der Waals surface area contributed by atoms with Gasteiger partial charge in [0.05, 0.1) is 11.6 Å². The number of rotatable bonds is 6. The number of aryl methyl sites for hydroxylation is 1. The lowest BCUT2D eigenvalue weighted by atomic mass is 10.3. The maximum Gasteiger partial charge on any atom is 0.332 e. The second-order valence-corrected chi connectivity index (χ2v) is 4.60. The Balaban J connectivity index is 2.30. The molecular formula is C11H17N3O3S. The number of esters is 1. The zero-order valence-electron chi connectivity index (χ0n) is 10.4. The van der Waals surface area contributed by atoms with Gasteiger partial charge in [0.15, 0.2) is 6.04 Å². The number of carbonyl (C=O) groups is 2. The summed E-state index contributed by atoms with van der Waals surface area (Å²) in [6.45, 7) is 4.18. The molecule has 1 aromatic heterocycles. The molecule has 0 radical (unpaired) electrons. The van der Waals surface area contributed by atoms with Gasteiger partial charge in [-0.3, -0.25) is 4.79 Å². The number of carbonyl (C=O) groups excluding carboxylic acids is 2. The molecular weight excluding hydrogens is 254 g/mol. The topological polar surface area (TPSA) is 94.3 Å². The number of nitrogens with one attached hydrogen (secondary N) is 1. The average molecular weight is 271 g/mol. The van der Waals surface area contributed by atoms with Crippen LogP contribution in [0.3, 0.4) is 0 Å². The van der Waals surface area contributed by atoms with E-state index in [9.17, 15) is 9.59 Å². The Morgan fingerprint density at radius 3 is 2.89 bits per heavy atom. The predicted octanol–water partition coefficient (Wildman–Crippen LogP) is 0.000620. The van der Waals surface area contributed by atoms with E-state index in [2.05, 4.69) is 15.0 Å². The van der Waals surface area contributed by atoms with E-state index in [0.29, 0.717) is 13.0 Å². The molecule has 0 bridgehead atoms. The largest absolute Gasteiger partial charge is 0.464 e. The lowest BCUT2D eigenvalue weighted by Crippen LogP contribution is -2.47. The average Bonchev–Trinajstić information content (AvgIpc) is 2.74. The number of nitrogens with zero attached hydrogens (tertiary/aromatic N) is 1. The van der Waals surface area contributed by atoms with Crippen LogP contribution in [0.25, 0.3) is 0 Å². The highest BCUT2D eigenvalue weighted by atomic mass is 32.1. The molecule has 3 N–H and O–H groups in total. The Morgan fingerprint density at radius 2 is 2.33 bits per heavy atom. The normalized spacial score (nSPS) is 11.9. The van der Waals surface area contributed by atoms with Gasteiger partial charge in [-0.05, 0) is 13.8 Å². The Bertz CT molecular complexity index is 419. The summed E-state index contributed by atoms with van der Waals surface area (Å²) < 4.78 is 4.66. The molecule has 1 atom stereocenters. The number of ether oxygens (including phenoxy) is 1. The number of hydrogen-bond acceptors (Lipinski definition) is 6. The smallest absolute Gasteiger partial charge is 0.332 e. The van der Waals surface area contributed by atoms with E-state index in [-0.39, 0.29) is 6.61 Å². The summed E-state index contributed by atoms with van der Waals surface area (Å²) in [5.41, 5.74) is 6.39. The van der Waals surface area contributed by atoms with Crippen molar-refractivity contribution >= 4 is 23.2 Å². The zero-order valence-corrected chi connectivity index (χ0v) is 11.3. The van der Waals surface area contributed by atoms with Crippen LogP contribution < -0.4 is 11.1 Å². The molecule has 0 fully saturated rings. The van der Waals surface area contributed by atoms with Crippen LogP contribution in [0.5, 0.6) is 0 Å². The van der Waals surface area contributed by atoms with Crippen molar-refractivity contribution in [3.8, 4) is 0 Å². The molecule has 7 heteroatoms. The molecule has 18 heavy (non-hydrogen) atoms. The van der Waals surface area contributed by atoms with Crippen LogP contribution in [0.1, 0.15) is 17.6 Å². The van der Waals surface area contributed by atoms with Crippen molar-refractivity contribution in [1.29, 1.82) is 0 Å². The SMILES string of the molecule is CCOC(=O)C(N)C(=O)NCCc1nc(C)cs1. The molecule has 1 aromatic rings. The van der Waals surface area contributed by atoms with Crippen LogP contribution in [0, 0.1) is 6.92 Å². The fourth-order valence-corrected chi connectivity index (χ4v) is 2.04. The number of nitrogens with two attached hydrogens (primary N) is 1. The first kappa shape index (κ1) is 14.6. The Kier molecular flexibility index (Phi) is 5.73. The third kappa shape index (κ3) is 4.42. The highest BCUT2D eigenvalue weighted by Crippen LogP contribution is 2.08. The number of hydrogen-bond donors (Lipinski definition) is 2. The van der Waals surface area contributed by atoms with Gasteiger partial charge in [0, 0.05) is 24.0 Å². The maximum absolute atomic E-state index is 11.5. The van der Waals surface area contributed by atoms with Gasteiger partial charge in [0.2, 0.25) is 5.91 Å². The summed E-state index contributed by atoms with van der Waals surface area (Å²) in [5.74, 6) is -1.23. The van der Waals surface area contributed by atoms with E-state index in [1.807, 2.05) is 12.3 Å². The standard InChI is InChI=1S/C11H17N3O3S/c1-3-17-11(16)9(12)10(15)13-5-4-8-14-7(2)6-18-8/h6,9H,3-5,12H2,1-2H3,(H,13,15). The lowest BCUT2D eigenvalue weighted by molar-refractivity contribution is -0.147. The van der Waals surface area contributed by atoms with Gasteiger partial charge < -0.3 is 15.8 Å². The Morgan fingerprint density at radius 1 is 1.61 bits per heavy atom. The molecule has 0 spiro atoms. The summed E-state index contributed by atoms with van der Waals surface area (Å²) in [5, 5.41) is 5.47. The molecule has 0 saturated carbocycles. The fraction of sp³-hybridized carbons (Fsp3) is 0.545. The molecule has 0 aliphatic heterocycles. The lowest BCUT2D eigenvalue weighted by Gasteiger charge is -2.10. The summed E-state index contributed by atoms with van der Waals surface area (Å²) in [6.07, 6.45) is 0.625. The van der Waals surface area contributed by atoms with Gasteiger partial charge in [-0.1, -0.05) is 0 Å². The molecule has 6 nitrogen and oxygen atoms in total. The van der Waals surface area contributed by atoms with E-state index in [0.717, 1.165) is 10.7 Å². The number of aromatic nitrogens is 1. The summed E-state index contributed by atoms with van der Waals surface area (Å²) in [4.78, 5) is 27.0. The first-order chi connectivity index (χ1) is 8.54. The van der Waals surface area contributed by atoms with Crippen molar-refractivity contribution in [2.45, 2.75) is 26.3 Å². The molecule has 100 valence electrons. The van der Waals surface area contributed by atoms with Gasteiger partial charge in [0.1, 0.15) is 0 Å². The van der Waals surface area contributed by atoms with Crippen LogP contribution in [-0.2, 0) is 20.7 Å². The highest BCUT2D eigenvalue weighted by Gasteiger charge is 2.22. The Labute approximate surface area is 110 Å². The molecule has 0 aliphatic carbocycles. The van der Waals surface area contributed by atoms with Gasteiger partial charge in [-0.2, -0.15) is 0 Å². The first-order valence-electron chi connectivity index (χ1n) is 5.65. The van der Waals surface area contributed by atoms with Crippen molar-refractivity contribution in [2.24, 2.45) is 5.73 Å². The van der Waals surface area contributed by atoms with E-state index in [1.54, 1.807) is 6.92 Å². The van der Waals surface area contributed by atoms with Crippen LogP contribution in [0.4, 0.5) is 0 Å². The van der Waals surface area contributed by atoms with E-state index in [1.165, 1.54) is 11.3 Å². The minimum Gasteiger partial charge on any atom is -0.464 e. The molecule has 1 rings (SSSR count). The molecule has 1 heterocycles. The molecule has 0 aliphatic rings. The first-order valence-corrected chi connectivity index (χ1v) is 6.53. The van der Waals surface area contributed by atoms with Crippen LogP contribution in [0.15, 0.2) is 5.38 Å². The van der Waals surface area contributed by atoms with Crippen LogP contribution in [-0.4, -0.2) is 36.1 Å². The summed E-state index contributed by atoms with van der Waals surface area (Å²) in [6, 6.07) is -1.26. The van der Waals surface area contributed by atoms with E-state index < -0.39 is 17.9 Å². The third-order valence-corrected chi connectivity index (χ3v) is 3.15. The number of amides is 1. The second-order valence-electron chi connectivity index (χ2n) is 3.65. The molecule has 1 amide bonds. The van der Waals surface area contributed by atoms with Gasteiger partial charge in [-0.25, -0.2) is 9.78 Å². The Hall–Kier alpha value is -1.47. The zero-order chi connectivity index (χ0) is 13.5. The predicted molar refractivity (Wildman–Crippen MR) is 68.2 cm³/mol. The monoisotopic (exact) mass is 271 g/mol. The third-order valence-electron chi connectivity index (χ3n) is 2.13. The minimum absolute atomic E-state index is 0.207. The van der Waals surface area contributed by atoms with E-state index >= 15 is 0 Å². The minimum atomic E-state index is -1.26. The van der Waals surface area contributed by atoms with Crippen molar-refractivity contribution < 1.29 is 14.3 Å². The van der Waals surface area contributed by atoms with Crippen molar-refractivity contribution in [3.05, 3.63) is 16.1 Å². The summed E-state index contributed by atoms with van der Waals surface area (Å²) in [7, 11) is 0.